The molecule has 3 heterocycles. The van der Waals surface area contributed by atoms with Gasteiger partial charge >= 0.3 is 18.0 Å². The van der Waals surface area contributed by atoms with Crippen molar-refractivity contribution < 1.29 is 47.8 Å². The Morgan fingerprint density at radius 3 is 1.87 bits per heavy atom. The average molecular weight is 652 g/mol. The lowest BCUT2D eigenvalue weighted by atomic mass is 10.1. The summed E-state index contributed by atoms with van der Waals surface area (Å²) >= 11 is 0. The number of carbonyl (C=O) groups excluding carboxylic acids is 7. The summed E-state index contributed by atoms with van der Waals surface area (Å²) in [6.07, 6.45) is 0.889. The van der Waals surface area contributed by atoms with E-state index in [1.807, 2.05) is 0 Å². The summed E-state index contributed by atoms with van der Waals surface area (Å²) < 4.78 is 16.3. The minimum Gasteiger partial charge on any atom is -0.460 e. The second-order valence-corrected chi connectivity index (χ2v) is 13.2. The molecule has 6 atom stereocenters. The number of nitrogens with two attached hydrogens (primary N) is 1. The number of nitrogens with one attached hydrogen (secondary N) is 2. The summed E-state index contributed by atoms with van der Waals surface area (Å²) in [6.45, 7) is 8.41. The van der Waals surface area contributed by atoms with Gasteiger partial charge in [0.05, 0.1) is 0 Å². The molecule has 3 rings (SSSR count). The smallest absolute Gasteiger partial charge is 0.408 e. The summed E-state index contributed by atoms with van der Waals surface area (Å²) in [5.74, 6) is -3.72. The van der Waals surface area contributed by atoms with Crippen LogP contribution in [0.1, 0.15) is 98.8 Å². The van der Waals surface area contributed by atoms with Crippen LogP contribution in [0.3, 0.4) is 0 Å². The highest BCUT2D eigenvalue weighted by Crippen LogP contribution is 2.27. The van der Waals surface area contributed by atoms with Gasteiger partial charge in [0.2, 0.25) is 23.6 Å². The van der Waals surface area contributed by atoms with E-state index in [0.717, 1.165) is 0 Å². The second kappa shape index (κ2) is 16.1. The van der Waals surface area contributed by atoms with Crippen LogP contribution in [0.15, 0.2) is 0 Å². The van der Waals surface area contributed by atoms with Crippen molar-refractivity contribution in [1.29, 1.82) is 0 Å². The largest absolute Gasteiger partial charge is 0.460 e. The van der Waals surface area contributed by atoms with Gasteiger partial charge in [0.25, 0.3) is 0 Å². The quantitative estimate of drug-likeness (QED) is 0.286. The maximum absolute atomic E-state index is 14.0. The molecule has 0 aromatic rings. The monoisotopic (exact) mass is 651 g/mol. The van der Waals surface area contributed by atoms with Gasteiger partial charge in [0.15, 0.2) is 0 Å². The molecular formula is C31H49N5O10. The van der Waals surface area contributed by atoms with E-state index in [1.165, 1.54) is 23.6 Å². The van der Waals surface area contributed by atoms with Gasteiger partial charge < -0.3 is 40.4 Å². The van der Waals surface area contributed by atoms with Crippen LogP contribution in [0.4, 0.5) is 4.79 Å². The van der Waals surface area contributed by atoms with Gasteiger partial charge in [0.1, 0.15) is 42.0 Å². The number of rotatable bonds is 2. The summed E-state index contributed by atoms with van der Waals surface area (Å²) in [5, 5.41) is 5.11. The molecule has 0 aromatic heterocycles. The summed E-state index contributed by atoms with van der Waals surface area (Å²) in [5.41, 5.74) is 4.69. The van der Waals surface area contributed by atoms with E-state index in [0.29, 0.717) is 51.4 Å². The molecule has 46 heavy (non-hydrogen) atoms. The standard InChI is InChI=1S/C31H49N5O10/c1-18-24(26(32)39)33-27(40)20-12-10-16-35(20)28(41)21-13-11-17-36(21)29(42)25(34-30(43)46-31(3,4)5)19(2)45-23(38)15-9-7-6-8-14-22(37)44-18/h18-21,24-25H,6-17H2,1-5H3,(H2,32,39)(H,33,40)(H,34,43)/t18-,19-,20+,21+,24+,25+/m1/s1. The van der Waals surface area contributed by atoms with Crippen LogP contribution in [-0.4, -0.2) is 107 Å². The van der Waals surface area contributed by atoms with Crippen LogP contribution in [0.2, 0.25) is 0 Å². The zero-order valence-corrected chi connectivity index (χ0v) is 27.5. The molecule has 5 amide bonds. The van der Waals surface area contributed by atoms with E-state index >= 15 is 0 Å². The van der Waals surface area contributed by atoms with E-state index in [2.05, 4.69) is 10.6 Å². The average Bonchev–Trinajstić information content (AvgIpc) is 3.64. The van der Waals surface area contributed by atoms with Crippen LogP contribution in [-0.2, 0) is 43.0 Å². The van der Waals surface area contributed by atoms with Crippen molar-refractivity contribution in [1.82, 2.24) is 20.4 Å². The highest BCUT2D eigenvalue weighted by molar-refractivity contribution is 5.96. The normalized spacial score (nSPS) is 29.7. The molecule has 3 saturated heterocycles. The number of nitrogens with zero attached hydrogens (tertiary/aromatic N) is 2. The van der Waals surface area contributed by atoms with Crippen LogP contribution >= 0.6 is 0 Å². The van der Waals surface area contributed by atoms with Gasteiger partial charge in [-0.15, -0.1) is 0 Å². The lowest BCUT2D eigenvalue weighted by Gasteiger charge is -2.34. The first kappa shape index (κ1) is 36.6. The predicted octanol–water partition coefficient (Wildman–Crippen LogP) is 1.05. The maximum atomic E-state index is 14.0. The molecule has 3 aliphatic heterocycles. The third kappa shape index (κ3) is 10.0. The molecular weight excluding hydrogens is 602 g/mol. The molecule has 3 fully saturated rings. The van der Waals surface area contributed by atoms with Gasteiger partial charge in [-0.05, 0) is 73.1 Å². The Kier molecular flexibility index (Phi) is 12.8. The Bertz CT molecular complexity index is 1170. The van der Waals surface area contributed by atoms with Gasteiger partial charge in [0, 0.05) is 25.9 Å². The molecule has 4 N–H and O–H groups in total. The number of alkyl carbamates (subject to hydrolysis) is 1. The number of carbonyl (C=O) groups is 7. The molecule has 258 valence electrons. The molecule has 0 saturated carbocycles. The zero-order valence-electron chi connectivity index (χ0n) is 27.5. The Morgan fingerprint density at radius 1 is 0.804 bits per heavy atom. The zero-order chi connectivity index (χ0) is 34.2. The third-order valence-electron chi connectivity index (χ3n) is 8.29. The van der Waals surface area contributed by atoms with E-state index in [9.17, 15) is 33.6 Å². The van der Waals surface area contributed by atoms with Crippen molar-refractivity contribution in [2.75, 3.05) is 13.1 Å². The number of esters is 2. The van der Waals surface area contributed by atoms with Gasteiger partial charge in [-0.3, -0.25) is 28.8 Å². The van der Waals surface area contributed by atoms with Crippen LogP contribution in [0, 0.1) is 0 Å². The lowest BCUT2D eigenvalue weighted by Crippen LogP contribution is -2.60. The Labute approximate surface area is 269 Å². The number of hydrogen-bond donors (Lipinski definition) is 3. The molecule has 0 radical (unpaired) electrons. The number of hydrogen-bond acceptors (Lipinski definition) is 10. The number of amides is 5. The number of primary amides is 1. The molecule has 0 aromatic carbocycles. The van der Waals surface area contributed by atoms with Gasteiger partial charge in [-0.25, -0.2) is 4.79 Å². The minimum absolute atomic E-state index is 0.0559. The van der Waals surface area contributed by atoms with Crippen molar-refractivity contribution in [3.8, 4) is 0 Å². The van der Waals surface area contributed by atoms with E-state index in [1.54, 1.807) is 20.8 Å². The predicted molar refractivity (Wildman–Crippen MR) is 163 cm³/mol. The molecule has 15 heteroatoms. The molecule has 0 aliphatic carbocycles. The van der Waals surface area contributed by atoms with Crippen molar-refractivity contribution in [3.63, 3.8) is 0 Å². The molecule has 0 bridgehead atoms. The fourth-order valence-electron chi connectivity index (χ4n) is 6.00. The lowest BCUT2D eigenvalue weighted by molar-refractivity contribution is -0.156. The van der Waals surface area contributed by atoms with Crippen molar-refractivity contribution in [2.45, 2.75) is 141 Å². The summed E-state index contributed by atoms with van der Waals surface area (Å²) in [7, 11) is 0. The first-order chi connectivity index (χ1) is 21.6. The Hall–Kier alpha value is -3.91. The van der Waals surface area contributed by atoms with Crippen molar-refractivity contribution >= 4 is 41.7 Å². The fourth-order valence-corrected chi connectivity index (χ4v) is 6.00. The number of ether oxygens (including phenoxy) is 3. The molecule has 15 nitrogen and oxygen atoms in total. The molecule has 0 unspecified atom stereocenters. The van der Waals surface area contributed by atoms with Crippen LogP contribution in [0.25, 0.3) is 0 Å². The minimum atomic E-state index is -1.34. The first-order valence-electron chi connectivity index (χ1n) is 16.2. The molecule has 0 spiro atoms. The second-order valence-electron chi connectivity index (χ2n) is 13.2. The van der Waals surface area contributed by atoms with Crippen molar-refractivity contribution in [3.05, 3.63) is 0 Å². The fraction of sp³-hybridized carbons (Fsp3) is 0.774. The van der Waals surface area contributed by atoms with Crippen molar-refractivity contribution in [2.24, 2.45) is 5.73 Å². The highest BCUT2D eigenvalue weighted by atomic mass is 16.6. The van der Waals surface area contributed by atoms with Gasteiger partial charge in [-0.1, -0.05) is 12.8 Å². The van der Waals surface area contributed by atoms with Crippen LogP contribution < -0.4 is 16.4 Å². The Balaban J connectivity index is 1.90. The van der Waals surface area contributed by atoms with Gasteiger partial charge in [-0.2, -0.15) is 0 Å². The highest BCUT2D eigenvalue weighted by Gasteiger charge is 2.45. The maximum Gasteiger partial charge on any atom is 0.408 e. The molecule has 3 aliphatic rings. The SMILES string of the molecule is C[C@H]1OC(=O)CCCCCCC(=O)O[C@H](C)[C@H](NC(=O)OC(C)(C)C)C(=O)N2CCC[C@H]2C(=O)N2CCC[C@H]2C(=O)N[C@@H]1C(N)=O. The van der Waals surface area contributed by atoms with Crippen LogP contribution in [0.5, 0.6) is 0 Å². The summed E-state index contributed by atoms with van der Waals surface area (Å²) in [6, 6.07) is -4.53. The number of cyclic esters (lactones) is 2. The summed E-state index contributed by atoms with van der Waals surface area (Å²) in [4.78, 5) is 94.2. The topological polar surface area (TPSA) is 204 Å². The van der Waals surface area contributed by atoms with E-state index in [-0.39, 0.29) is 25.9 Å². The first-order valence-corrected chi connectivity index (χ1v) is 16.2. The number of fused-ring (bicyclic) bond motifs is 2. The third-order valence-corrected chi connectivity index (χ3v) is 8.29. The van der Waals surface area contributed by atoms with E-state index in [4.69, 9.17) is 19.9 Å². The Morgan fingerprint density at radius 2 is 1.33 bits per heavy atom. The van der Waals surface area contributed by atoms with E-state index < -0.39 is 83.6 Å².